The van der Waals surface area contributed by atoms with E-state index in [0.717, 1.165) is 0 Å². The van der Waals surface area contributed by atoms with Crippen LogP contribution in [0.25, 0.3) is 0 Å². The molecule has 1 aromatic heterocycles. The molecular weight excluding hydrogens is 244 g/mol. The molecule has 0 saturated heterocycles. The summed E-state index contributed by atoms with van der Waals surface area (Å²) in [6.07, 6.45) is 2.16. The lowest BCUT2D eigenvalue weighted by atomic mass is 10.4. The summed E-state index contributed by atoms with van der Waals surface area (Å²) in [5.41, 5.74) is 5.32. The zero-order valence-electron chi connectivity index (χ0n) is 10.0. The second-order valence-electron chi connectivity index (χ2n) is 3.65. The van der Waals surface area contributed by atoms with Gasteiger partial charge in [-0.3, -0.25) is 0 Å². The number of nitrogens with one attached hydrogen (secondary N) is 1. The third kappa shape index (κ3) is 4.43. The molecule has 1 heterocycles. The highest BCUT2D eigenvalue weighted by molar-refractivity contribution is 7.87. The zero-order valence-corrected chi connectivity index (χ0v) is 10.8. The molecule has 0 bridgehead atoms. The highest BCUT2D eigenvalue weighted by Gasteiger charge is 2.17. The van der Waals surface area contributed by atoms with E-state index in [-0.39, 0.29) is 6.54 Å². The summed E-state index contributed by atoms with van der Waals surface area (Å²) in [5, 5.41) is 0. The smallest absolute Gasteiger partial charge is 0.279 e. The van der Waals surface area contributed by atoms with Crippen molar-refractivity contribution < 1.29 is 12.8 Å². The molecule has 0 atom stereocenters. The van der Waals surface area contributed by atoms with E-state index < -0.39 is 10.2 Å². The number of hydrogen-bond donors (Lipinski definition) is 2. The van der Waals surface area contributed by atoms with Crippen LogP contribution in [0.5, 0.6) is 0 Å². The minimum Gasteiger partial charge on any atom is -0.445 e. The van der Waals surface area contributed by atoms with E-state index >= 15 is 0 Å². The first-order chi connectivity index (χ1) is 7.95. The largest absolute Gasteiger partial charge is 0.445 e. The maximum Gasteiger partial charge on any atom is 0.279 e. The molecule has 0 radical (unpaired) electrons. The van der Waals surface area contributed by atoms with Crippen LogP contribution in [-0.4, -0.2) is 37.8 Å². The van der Waals surface area contributed by atoms with Crippen molar-refractivity contribution in [1.82, 2.24) is 14.0 Å². The number of rotatable bonds is 7. The van der Waals surface area contributed by atoms with Crippen molar-refractivity contribution in [2.75, 3.05) is 20.1 Å². The van der Waals surface area contributed by atoms with Crippen LogP contribution in [0.3, 0.4) is 0 Å². The van der Waals surface area contributed by atoms with Crippen LogP contribution in [0.15, 0.2) is 10.6 Å². The molecule has 17 heavy (non-hydrogen) atoms. The molecule has 0 saturated carbocycles. The number of nitrogens with two attached hydrogens (primary N) is 1. The Hall–Kier alpha value is -0.960. The summed E-state index contributed by atoms with van der Waals surface area (Å²) < 4.78 is 32.2. The van der Waals surface area contributed by atoms with Crippen molar-refractivity contribution in [1.29, 1.82) is 0 Å². The molecule has 8 heteroatoms. The third-order valence-corrected chi connectivity index (χ3v) is 3.67. The molecule has 0 spiro atoms. The number of aromatic nitrogens is 1. The number of aryl methyl sites for hydroxylation is 1. The van der Waals surface area contributed by atoms with Crippen molar-refractivity contribution in [3.63, 3.8) is 0 Å². The molecule has 7 nitrogen and oxygen atoms in total. The number of oxazole rings is 1. The number of hydrogen-bond acceptors (Lipinski definition) is 5. The van der Waals surface area contributed by atoms with Gasteiger partial charge in [-0.1, -0.05) is 0 Å². The summed E-state index contributed by atoms with van der Waals surface area (Å²) in [4.78, 5) is 3.91. The molecule has 0 aliphatic rings. The van der Waals surface area contributed by atoms with Crippen LogP contribution in [0, 0.1) is 6.92 Å². The highest BCUT2D eigenvalue weighted by atomic mass is 32.2. The molecular formula is C9H18N4O3S. The normalized spacial score (nSPS) is 12.2. The van der Waals surface area contributed by atoms with Crippen molar-refractivity contribution >= 4 is 10.2 Å². The van der Waals surface area contributed by atoms with Crippen LogP contribution in [0.1, 0.15) is 18.1 Å². The van der Waals surface area contributed by atoms with Crippen LogP contribution in [0.2, 0.25) is 0 Å². The lowest BCUT2D eigenvalue weighted by Crippen LogP contribution is -2.38. The van der Waals surface area contributed by atoms with E-state index in [1.54, 1.807) is 13.1 Å². The lowest BCUT2D eigenvalue weighted by molar-refractivity contribution is 0.434. The Kier molecular flexibility index (Phi) is 5.06. The SMILES string of the molecule is Cc1cnc(CNS(=O)(=O)N(C)CCCN)o1. The first-order valence-corrected chi connectivity index (χ1v) is 6.72. The summed E-state index contributed by atoms with van der Waals surface area (Å²) in [6.45, 7) is 2.64. The van der Waals surface area contributed by atoms with Crippen molar-refractivity contribution in [3.8, 4) is 0 Å². The molecule has 1 rings (SSSR count). The van der Waals surface area contributed by atoms with Gasteiger partial charge in [-0.25, -0.2) is 4.98 Å². The Morgan fingerprint density at radius 1 is 1.59 bits per heavy atom. The lowest BCUT2D eigenvalue weighted by Gasteiger charge is -2.16. The molecule has 0 aliphatic heterocycles. The summed E-state index contributed by atoms with van der Waals surface area (Å²) in [5.74, 6) is 0.994. The van der Waals surface area contributed by atoms with E-state index in [2.05, 4.69) is 9.71 Å². The fourth-order valence-electron chi connectivity index (χ4n) is 1.18. The zero-order chi connectivity index (χ0) is 12.9. The molecule has 0 aliphatic carbocycles. The molecule has 0 fully saturated rings. The molecule has 3 N–H and O–H groups in total. The second kappa shape index (κ2) is 6.10. The van der Waals surface area contributed by atoms with Crippen molar-refractivity contribution in [2.24, 2.45) is 5.73 Å². The quantitative estimate of drug-likeness (QED) is 0.696. The van der Waals surface area contributed by atoms with Gasteiger partial charge < -0.3 is 10.2 Å². The van der Waals surface area contributed by atoms with Crippen molar-refractivity contribution in [3.05, 3.63) is 17.8 Å². The fraction of sp³-hybridized carbons (Fsp3) is 0.667. The molecule has 98 valence electrons. The van der Waals surface area contributed by atoms with Crippen LogP contribution >= 0.6 is 0 Å². The Morgan fingerprint density at radius 2 is 2.29 bits per heavy atom. The first kappa shape index (κ1) is 14.1. The van der Waals surface area contributed by atoms with Gasteiger partial charge in [-0.05, 0) is 19.9 Å². The average Bonchev–Trinajstić information content (AvgIpc) is 2.69. The maximum absolute atomic E-state index is 11.7. The van der Waals surface area contributed by atoms with Gasteiger partial charge in [-0.2, -0.15) is 17.4 Å². The summed E-state index contributed by atoms with van der Waals surface area (Å²) in [6, 6.07) is 0. The van der Waals surface area contributed by atoms with E-state index in [4.69, 9.17) is 10.2 Å². The second-order valence-corrected chi connectivity index (χ2v) is 5.52. The summed E-state index contributed by atoms with van der Waals surface area (Å²) in [7, 11) is -1.99. The van der Waals surface area contributed by atoms with Gasteiger partial charge >= 0.3 is 0 Å². The van der Waals surface area contributed by atoms with Crippen molar-refractivity contribution in [2.45, 2.75) is 19.9 Å². The van der Waals surface area contributed by atoms with E-state index in [1.165, 1.54) is 11.4 Å². The molecule has 1 aromatic rings. The predicted molar refractivity (Wildman–Crippen MR) is 63.3 cm³/mol. The molecule has 0 unspecified atom stereocenters. The molecule has 0 aromatic carbocycles. The summed E-state index contributed by atoms with van der Waals surface area (Å²) >= 11 is 0. The topological polar surface area (TPSA) is 101 Å². The van der Waals surface area contributed by atoms with Crippen LogP contribution < -0.4 is 10.5 Å². The maximum atomic E-state index is 11.7. The average molecular weight is 262 g/mol. The van der Waals surface area contributed by atoms with Crippen LogP contribution in [-0.2, 0) is 16.8 Å². The number of nitrogens with zero attached hydrogens (tertiary/aromatic N) is 2. The van der Waals surface area contributed by atoms with E-state index in [1.807, 2.05) is 0 Å². The predicted octanol–water partition coefficient (Wildman–Crippen LogP) is -0.402. The Bertz CT molecular complexity index is 443. The Labute approximate surface area is 101 Å². The first-order valence-electron chi connectivity index (χ1n) is 5.28. The van der Waals surface area contributed by atoms with Gasteiger partial charge in [0.15, 0.2) is 0 Å². The van der Waals surface area contributed by atoms with Gasteiger partial charge in [0.25, 0.3) is 10.2 Å². The van der Waals surface area contributed by atoms with Gasteiger partial charge in [0.05, 0.1) is 12.7 Å². The minimum absolute atomic E-state index is 0.0448. The fourth-order valence-corrected chi connectivity index (χ4v) is 2.08. The molecule has 0 amide bonds. The standard InChI is InChI=1S/C9H18N4O3S/c1-8-6-11-9(16-8)7-12-17(14,15)13(2)5-3-4-10/h6,12H,3-5,7,10H2,1-2H3. The van der Waals surface area contributed by atoms with Crippen LogP contribution in [0.4, 0.5) is 0 Å². The van der Waals surface area contributed by atoms with Gasteiger partial charge in [-0.15, -0.1) is 0 Å². The van der Waals surface area contributed by atoms with E-state index in [9.17, 15) is 8.42 Å². The van der Waals surface area contributed by atoms with E-state index in [0.29, 0.717) is 31.2 Å². The van der Waals surface area contributed by atoms with Gasteiger partial charge in [0.1, 0.15) is 5.76 Å². The minimum atomic E-state index is -3.49. The van der Waals surface area contributed by atoms with Gasteiger partial charge in [0.2, 0.25) is 5.89 Å². The monoisotopic (exact) mass is 262 g/mol. The Morgan fingerprint density at radius 3 is 2.82 bits per heavy atom. The van der Waals surface area contributed by atoms with Gasteiger partial charge in [0, 0.05) is 13.6 Å². The highest BCUT2D eigenvalue weighted by Crippen LogP contribution is 2.02. The Balaban J connectivity index is 2.49. The third-order valence-electron chi connectivity index (χ3n) is 2.16.